The Bertz CT molecular complexity index is 1020. The molecule has 1 aliphatic rings. The molecule has 3 aromatic rings. The van der Waals surface area contributed by atoms with Crippen LogP contribution in [0.15, 0.2) is 41.8 Å². The first-order chi connectivity index (χ1) is 13.0. The highest BCUT2D eigenvalue weighted by Crippen LogP contribution is 2.27. The van der Waals surface area contributed by atoms with Crippen molar-refractivity contribution in [3.63, 3.8) is 0 Å². The van der Waals surface area contributed by atoms with E-state index in [0.717, 1.165) is 23.4 Å². The van der Waals surface area contributed by atoms with Crippen LogP contribution in [-0.4, -0.2) is 23.3 Å². The van der Waals surface area contributed by atoms with Crippen LogP contribution >= 0.6 is 22.7 Å². The molecule has 6 heteroatoms. The van der Waals surface area contributed by atoms with E-state index < -0.39 is 0 Å². The Hall–Kier alpha value is -2.44. The average Bonchev–Trinajstić information content (AvgIpc) is 3.31. The molecule has 1 aromatic carbocycles. The molecular formula is C21H20N2O2S2. The van der Waals surface area contributed by atoms with Gasteiger partial charge in [0.1, 0.15) is 0 Å². The maximum absolute atomic E-state index is 13.1. The number of carbonyl (C=O) groups is 2. The van der Waals surface area contributed by atoms with Crippen LogP contribution in [0.25, 0.3) is 0 Å². The highest BCUT2D eigenvalue weighted by molar-refractivity contribution is 7.14. The zero-order chi connectivity index (χ0) is 19.0. The summed E-state index contributed by atoms with van der Waals surface area (Å²) in [6.45, 7) is 5.25. The second kappa shape index (κ2) is 7.29. The van der Waals surface area contributed by atoms with Crippen molar-refractivity contribution in [2.24, 2.45) is 0 Å². The fraction of sp³-hybridized carbons (Fsp3) is 0.238. The number of carbonyl (C=O) groups excluding carboxylic acids is 2. The van der Waals surface area contributed by atoms with Crippen molar-refractivity contribution in [2.75, 3.05) is 11.9 Å². The Morgan fingerprint density at radius 1 is 1.11 bits per heavy atom. The minimum atomic E-state index is -0.137. The summed E-state index contributed by atoms with van der Waals surface area (Å²) in [4.78, 5) is 30.6. The van der Waals surface area contributed by atoms with Crippen molar-refractivity contribution in [1.82, 2.24) is 4.90 Å². The van der Waals surface area contributed by atoms with Gasteiger partial charge < -0.3 is 10.2 Å². The van der Waals surface area contributed by atoms with Gasteiger partial charge in [0, 0.05) is 34.1 Å². The summed E-state index contributed by atoms with van der Waals surface area (Å²) in [5, 5.41) is 5.04. The van der Waals surface area contributed by atoms with E-state index in [9.17, 15) is 9.59 Å². The molecule has 2 aromatic heterocycles. The number of rotatable bonds is 3. The van der Waals surface area contributed by atoms with Crippen molar-refractivity contribution < 1.29 is 9.59 Å². The first kappa shape index (κ1) is 17.9. The van der Waals surface area contributed by atoms with Gasteiger partial charge in [0.05, 0.1) is 4.88 Å². The molecule has 138 valence electrons. The molecule has 0 unspecified atom stereocenters. The molecule has 0 saturated carbocycles. The number of nitrogens with zero attached hydrogens (tertiary/aromatic N) is 1. The number of aryl methyl sites for hydroxylation is 1. The molecule has 0 bridgehead atoms. The molecular weight excluding hydrogens is 376 g/mol. The second-order valence-corrected chi connectivity index (χ2v) is 8.98. The predicted octanol–water partition coefficient (Wildman–Crippen LogP) is 4.88. The summed E-state index contributed by atoms with van der Waals surface area (Å²) < 4.78 is 0. The van der Waals surface area contributed by atoms with Crippen LogP contribution in [0.1, 0.15) is 40.9 Å². The summed E-state index contributed by atoms with van der Waals surface area (Å²) in [5.41, 5.74) is 3.38. The van der Waals surface area contributed by atoms with E-state index in [2.05, 4.69) is 16.8 Å². The number of hydrogen-bond donors (Lipinski definition) is 1. The summed E-state index contributed by atoms with van der Waals surface area (Å²) in [7, 11) is 0. The molecule has 0 aliphatic carbocycles. The topological polar surface area (TPSA) is 49.4 Å². The average molecular weight is 397 g/mol. The van der Waals surface area contributed by atoms with E-state index in [4.69, 9.17) is 0 Å². The molecule has 0 spiro atoms. The minimum absolute atomic E-state index is 0.0208. The number of benzene rings is 1. The van der Waals surface area contributed by atoms with Gasteiger partial charge in [0.25, 0.3) is 11.8 Å². The van der Waals surface area contributed by atoms with E-state index in [1.165, 1.54) is 21.8 Å². The first-order valence-corrected chi connectivity index (χ1v) is 10.5. The van der Waals surface area contributed by atoms with Crippen LogP contribution in [0.5, 0.6) is 0 Å². The summed E-state index contributed by atoms with van der Waals surface area (Å²) >= 11 is 3.22. The molecule has 2 amide bonds. The van der Waals surface area contributed by atoms with Gasteiger partial charge in [-0.05, 0) is 67.1 Å². The quantitative estimate of drug-likeness (QED) is 0.686. The molecule has 27 heavy (non-hydrogen) atoms. The van der Waals surface area contributed by atoms with Gasteiger partial charge in [0.2, 0.25) is 0 Å². The third-order valence-corrected chi connectivity index (χ3v) is 6.89. The van der Waals surface area contributed by atoms with Gasteiger partial charge >= 0.3 is 0 Å². The number of anilines is 1. The summed E-state index contributed by atoms with van der Waals surface area (Å²) in [5.74, 6) is -0.117. The second-order valence-electron chi connectivity index (χ2n) is 6.69. The smallest absolute Gasteiger partial charge is 0.265 e. The van der Waals surface area contributed by atoms with Crippen LogP contribution in [-0.2, 0) is 13.0 Å². The predicted molar refractivity (Wildman–Crippen MR) is 111 cm³/mol. The number of amides is 2. The Balaban J connectivity index is 1.55. The molecule has 4 nitrogen and oxygen atoms in total. The maximum atomic E-state index is 13.1. The molecule has 0 atom stereocenters. The van der Waals surface area contributed by atoms with Gasteiger partial charge in [-0.3, -0.25) is 9.59 Å². The van der Waals surface area contributed by atoms with Crippen molar-refractivity contribution in [3.05, 3.63) is 73.1 Å². The lowest BCUT2D eigenvalue weighted by atomic mass is 10.0. The van der Waals surface area contributed by atoms with Crippen molar-refractivity contribution >= 4 is 40.2 Å². The van der Waals surface area contributed by atoms with Crippen LogP contribution in [0.3, 0.4) is 0 Å². The summed E-state index contributed by atoms with van der Waals surface area (Å²) in [6.07, 6.45) is 0.909. The van der Waals surface area contributed by atoms with Crippen LogP contribution in [0, 0.1) is 13.8 Å². The van der Waals surface area contributed by atoms with Crippen molar-refractivity contribution in [2.45, 2.75) is 26.8 Å². The molecule has 0 saturated heterocycles. The van der Waals surface area contributed by atoms with Gasteiger partial charge in [-0.15, -0.1) is 22.7 Å². The maximum Gasteiger partial charge on any atom is 0.265 e. The Morgan fingerprint density at radius 3 is 2.74 bits per heavy atom. The van der Waals surface area contributed by atoms with Crippen molar-refractivity contribution in [1.29, 1.82) is 0 Å². The van der Waals surface area contributed by atoms with Gasteiger partial charge in [-0.25, -0.2) is 0 Å². The molecule has 0 fully saturated rings. The number of nitrogens with one attached hydrogen (secondary N) is 1. The zero-order valence-electron chi connectivity index (χ0n) is 15.2. The molecule has 1 N–H and O–H groups in total. The van der Waals surface area contributed by atoms with Gasteiger partial charge in [0.15, 0.2) is 0 Å². The zero-order valence-corrected chi connectivity index (χ0v) is 16.9. The van der Waals surface area contributed by atoms with Gasteiger partial charge in [-0.1, -0.05) is 6.07 Å². The lowest BCUT2D eigenvalue weighted by Crippen LogP contribution is -2.35. The number of fused-ring (bicyclic) bond motifs is 1. The highest BCUT2D eigenvalue weighted by Gasteiger charge is 2.24. The third-order valence-electron chi connectivity index (χ3n) is 4.87. The van der Waals surface area contributed by atoms with E-state index in [0.29, 0.717) is 22.7 Å². The first-order valence-electron chi connectivity index (χ1n) is 8.85. The van der Waals surface area contributed by atoms with Crippen molar-refractivity contribution in [3.8, 4) is 0 Å². The van der Waals surface area contributed by atoms with E-state index in [1.54, 1.807) is 11.3 Å². The highest BCUT2D eigenvalue weighted by atomic mass is 32.1. The van der Waals surface area contributed by atoms with Crippen LogP contribution in [0.2, 0.25) is 0 Å². The van der Waals surface area contributed by atoms with Crippen LogP contribution < -0.4 is 5.32 Å². The van der Waals surface area contributed by atoms with E-state index in [-0.39, 0.29) is 11.8 Å². The molecule has 3 heterocycles. The fourth-order valence-electron chi connectivity index (χ4n) is 3.34. The number of hydrogen-bond acceptors (Lipinski definition) is 4. The molecule has 1 aliphatic heterocycles. The Labute approximate surface area is 166 Å². The normalized spacial score (nSPS) is 13.3. The number of thiophene rings is 2. The minimum Gasteiger partial charge on any atom is -0.334 e. The molecule has 4 rings (SSSR count). The standard InChI is InChI=1S/C21H20N2O2S2/c1-13-6-7-19(27-13)20(24)22-17-5-3-4-16(14(17)2)21(25)23-10-8-18-15(12-23)9-11-26-18/h3-7,9,11H,8,10,12H2,1-2H3,(H,22,24). The lowest BCUT2D eigenvalue weighted by molar-refractivity contribution is 0.0735. The third kappa shape index (κ3) is 3.55. The van der Waals surface area contributed by atoms with Gasteiger partial charge in [-0.2, -0.15) is 0 Å². The SMILES string of the molecule is Cc1ccc(C(=O)Nc2cccc(C(=O)N3CCc4sccc4C3)c2C)s1. The monoisotopic (exact) mass is 396 g/mol. The fourth-order valence-corrected chi connectivity index (χ4v) is 4.99. The van der Waals surface area contributed by atoms with E-state index in [1.807, 2.05) is 49.1 Å². The van der Waals surface area contributed by atoms with Crippen LogP contribution in [0.4, 0.5) is 5.69 Å². The Kier molecular flexibility index (Phi) is 4.85. The largest absolute Gasteiger partial charge is 0.334 e. The molecule has 0 radical (unpaired) electrons. The van der Waals surface area contributed by atoms with E-state index >= 15 is 0 Å². The summed E-state index contributed by atoms with van der Waals surface area (Å²) in [6, 6.07) is 11.4. The lowest BCUT2D eigenvalue weighted by Gasteiger charge is -2.28. The Morgan fingerprint density at radius 2 is 1.96 bits per heavy atom.